The van der Waals surface area contributed by atoms with E-state index < -0.39 is 98.6 Å². The van der Waals surface area contributed by atoms with Crippen molar-refractivity contribution in [3.8, 4) is 11.5 Å². The Labute approximate surface area is 343 Å². The summed E-state index contributed by atoms with van der Waals surface area (Å²) in [6, 6.07) is 2.07. The van der Waals surface area contributed by atoms with Crippen molar-refractivity contribution < 1.29 is 50.6 Å². The SMILES string of the molecule is COc1ccc2nc(C(C)C)c3c(c2c1)C(F)(F)C[C@]1(C[C@H]2C(=O)N[C@]4(C(=O)NS(=O)(=O)C5(C)CC5)C[C@@H]4/C=C\CCCCCC(NC(=O)OC(C)(C)C)C(=O)N2C1)O3. The van der Waals surface area contributed by atoms with Crippen LogP contribution < -0.4 is 24.8 Å². The van der Waals surface area contributed by atoms with Gasteiger partial charge < -0.3 is 29.7 Å². The minimum atomic E-state index is -4.09. The van der Waals surface area contributed by atoms with Crippen LogP contribution in [0.15, 0.2) is 30.4 Å². The third kappa shape index (κ3) is 8.19. The van der Waals surface area contributed by atoms with E-state index in [4.69, 9.17) is 19.2 Å². The molecule has 59 heavy (non-hydrogen) atoms. The fraction of sp³-hybridized carbons (Fsp3) is 0.643. The van der Waals surface area contributed by atoms with Gasteiger partial charge in [-0.15, -0.1) is 0 Å². The first-order valence-corrected chi connectivity index (χ1v) is 22.0. The number of alkyl carbamates (subject to hydrolysis) is 1. The summed E-state index contributed by atoms with van der Waals surface area (Å²) in [4.78, 5) is 62.6. The Balaban J connectivity index is 1.30. The van der Waals surface area contributed by atoms with E-state index in [-0.39, 0.29) is 41.2 Å². The third-order valence-corrected chi connectivity index (χ3v) is 14.4. The van der Waals surface area contributed by atoms with Crippen LogP contribution in [0.4, 0.5) is 13.6 Å². The van der Waals surface area contributed by atoms with Gasteiger partial charge >= 0.3 is 6.09 Å². The Bertz CT molecular complexity index is 2200. The number of pyridine rings is 1. The zero-order chi connectivity index (χ0) is 42.9. The van der Waals surface area contributed by atoms with E-state index in [1.165, 1.54) is 13.2 Å². The van der Waals surface area contributed by atoms with Gasteiger partial charge in [0.2, 0.25) is 21.8 Å². The Kier molecular flexibility index (Phi) is 10.7. The fourth-order valence-corrected chi connectivity index (χ4v) is 9.92. The van der Waals surface area contributed by atoms with Gasteiger partial charge in [-0.1, -0.05) is 38.8 Å². The van der Waals surface area contributed by atoms with Gasteiger partial charge in [0.15, 0.2) is 5.75 Å². The van der Waals surface area contributed by atoms with E-state index >= 15 is 8.78 Å². The Morgan fingerprint density at radius 2 is 1.83 bits per heavy atom. The van der Waals surface area contributed by atoms with Crippen LogP contribution >= 0.6 is 0 Å². The molecule has 14 nitrogen and oxygen atoms in total. The molecule has 3 fully saturated rings. The lowest BCUT2D eigenvalue weighted by atomic mass is 9.83. The molecule has 0 bridgehead atoms. The third-order valence-electron chi connectivity index (χ3n) is 12.3. The molecule has 1 unspecified atom stereocenters. The molecule has 4 amide bonds. The zero-order valence-corrected chi connectivity index (χ0v) is 35.5. The molecule has 1 aromatic heterocycles. The van der Waals surface area contributed by atoms with Gasteiger partial charge in [-0.25, -0.2) is 27.0 Å². The number of nitrogens with one attached hydrogen (secondary N) is 3. The summed E-state index contributed by atoms with van der Waals surface area (Å²) in [7, 11) is -2.66. The molecule has 3 N–H and O–H groups in total. The summed E-state index contributed by atoms with van der Waals surface area (Å²) in [5.74, 6) is -6.73. The average molecular weight is 844 g/mol. The highest BCUT2D eigenvalue weighted by Crippen LogP contribution is 2.55. The number of alkyl halides is 2. The summed E-state index contributed by atoms with van der Waals surface area (Å²) in [6.07, 6.45) is 5.01. The van der Waals surface area contributed by atoms with E-state index in [0.29, 0.717) is 49.8 Å². The summed E-state index contributed by atoms with van der Waals surface area (Å²) in [5, 5.41) is 5.61. The van der Waals surface area contributed by atoms with Gasteiger partial charge in [-0.05, 0) is 90.3 Å². The quantitative estimate of drug-likeness (QED) is 0.298. The monoisotopic (exact) mass is 843 g/mol. The highest BCUT2D eigenvalue weighted by molar-refractivity contribution is 7.91. The summed E-state index contributed by atoms with van der Waals surface area (Å²) in [6.45, 7) is 9.71. The molecule has 5 atom stereocenters. The molecule has 1 saturated heterocycles. The van der Waals surface area contributed by atoms with E-state index in [2.05, 4.69) is 15.4 Å². The van der Waals surface area contributed by atoms with Crippen molar-refractivity contribution in [1.82, 2.24) is 25.2 Å². The molecule has 0 radical (unpaired) electrons. The van der Waals surface area contributed by atoms with Gasteiger partial charge in [-0.2, -0.15) is 0 Å². The number of aromatic nitrogens is 1. The van der Waals surface area contributed by atoms with Crippen LogP contribution in [0.5, 0.6) is 11.5 Å². The van der Waals surface area contributed by atoms with Crippen LogP contribution in [0.3, 0.4) is 0 Å². The number of nitrogens with zero attached hydrogens (tertiary/aromatic N) is 2. The molecule has 2 aliphatic carbocycles. The maximum absolute atomic E-state index is 17.1. The van der Waals surface area contributed by atoms with Crippen molar-refractivity contribution in [2.45, 2.75) is 151 Å². The molecule has 5 aliphatic rings. The lowest BCUT2D eigenvalue weighted by molar-refractivity contribution is -0.141. The van der Waals surface area contributed by atoms with Gasteiger partial charge in [0, 0.05) is 17.7 Å². The fourth-order valence-electron chi connectivity index (χ4n) is 8.61. The van der Waals surface area contributed by atoms with E-state index in [9.17, 15) is 27.6 Å². The maximum atomic E-state index is 17.1. The number of benzene rings is 1. The lowest BCUT2D eigenvalue weighted by Crippen LogP contribution is -2.58. The number of allylic oxidation sites excluding steroid dienone is 1. The predicted octanol–water partition coefficient (Wildman–Crippen LogP) is 5.87. The molecule has 4 heterocycles. The second-order valence-electron chi connectivity index (χ2n) is 18.5. The Hall–Kier alpha value is -4.54. The number of halogens is 2. The molecular formula is C42H55F2N5O9S. The lowest BCUT2D eigenvalue weighted by Gasteiger charge is -2.41. The molecule has 17 heteroatoms. The van der Waals surface area contributed by atoms with Gasteiger partial charge in [0.05, 0.1) is 41.6 Å². The molecule has 3 aliphatic heterocycles. The minimum absolute atomic E-state index is 0.0871. The van der Waals surface area contributed by atoms with E-state index in [1.807, 2.05) is 6.08 Å². The number of hydrogen-bond acceptors (Lipinski definition) is 10. The number of fused-ring (bicyclic) bond motifs is 5. The predicted molar refractivity (Wildman–Crippen MR) is 213 cm³/mol. The number of rotatable bonds is 6. The average Bonchev–Trinajstić information content (AvgIpc) is 4.03. The van der Waals surface area contributed by atoms with Crippen molar-refractivity contribution in [3.63, 3.8) is 0 Å². The van der Waals surface area contributed by atoms with Gasteiger partial charge in [0.1, 0.15) is 34.6 Å². The van der Waals surface area contributed by atoms with Crippen LogP contribution in [-0.4, -0.2) is 89.3 Å². The number of sulfonamides is 1. The van der Waals surface area contributed by atoms with Crippen LogP contribution in [0, 0.1) is 5.92 Å². The first kappa shape index (κ1) is 42.6. The van der Waals surface area contributed by atoms with Crippen LogP contribution in [0.1, 0.15) is 123 Å². The van der Waals surface area contributed by atoms with E-state index in [0.717, 1.165) is 4.90 Å². The molecule has 7 rings (SSSR count). The number of carbonyl (C=O) groups is 4. The number of ether oxygens (including phenoxy) is 3. The second kappa shape index (κ2) is 14.9. The number of carbonyl (C=O) groups excluding carboxylic acids is 4. The van der Waals surface area contributed by atoms with Crippen LogP contribution in [0.2, 0.25) is 0 Å². The number of hydrogen-bond donors (Lipinski definition) is 3. The Morgan fingerprint density at radius 1 is 1.10 bits per heavy atom. The molecule has 1 spiro atoms. The second-order valence-corrected chi connectivity index (χ2v) is 20.7. The van der Waals surface area contributed by atoms with Crippen molar-refractivity contribution in [2.24, 2.45) is 5.92 Å². The van der Waals surface area contributed by atoms with Gasteiger partial charge in [-0.3, -0.25) is 19.1 Å². The highest BCUT2D eigenvalue weighted by atomic mass is 32.2. The number of methoxy groups -OCH3 is 1. The van der Waals surface area contributed by atoms with Crippen molar-refractivity contribution in [3.05, 3.63) is 41.6 Å². The normalized spacial score (nSPS) is 29.5. The zero-order valence-electron chi connectivity index (χ0n) is 34.7. The maximum Gasteiger partial charge on any atom is 0.408 e. The van der Waals surface area contributed by atoms with Crippen molar-refractivity contribution in [2.75, 3.05) is 13.7 Å². The largest absolute Gasteiger partial charge is 0.497 e. The summed E-state index contributed by atoms with van der Waals surface area (Å²) >= 11 is 0. The Morgan fingerprint density at radius 3 is 2.49 bits per heavy atom. The molecule has 2 saturated carbocycles. The molecule has 1 aromatic carbocycles. The summed E-state index contributed by atoms with van der Waals surface area (Å²) < 4.78 is 79.3. The summed E-state index contributed by atoms with van der Waals surface area (Å²) in [5.41, 5.74) is -4.17. The van der Waals surface area contributed by atoms with Crippen molar-refractivity contribution >= 4 is 44.7 Å². The first-order valence-electron chi connectivity index (χ1n) is 20.5. The van der Waals surface area contributed by atoms with E-state index in [1.54, 1.807) is 59.8 Å². The highest BCUT2D eigenvalue weighted by Gasteiger charge is 2.65. The molecular weight excluding hydrogens is 789 g/mol. The van der Waals surface area contributed by atoms with Crippen molar-refractivity contribution in [1.29, 1.82) is 0 Å². The first-order chi connectivity index (χ1) is 27.5. The van der Waals surface area contributed by atoms with Crippen LogP contribution in [-0.2, 0) is 35.1 Å². The number of amides is 4. The molecule has 322 valence electrons. The minimum Gasteiger partial charge on any atom is -0.497 e. The topological polar surface area (TPSA) is 182 Å². The standard InChI is InChI=1S/C42H55F2N5O9S/c1-24(2)32-33-31(27-19-26(56-7)15-16-28(27)45-32)42(43,44)22-40(57-33)21-30-34(50)47-41(36(52)48-59(54,55)39(6)17-18-39)20-25(41)13-11-9-8-10-12-14-29(35(51)49(30)23-40)46-37(53)58-38(3,4)5/h11,13,15-16,19,24-25,29-30H,8-10,12,14,17-18,20-23H2,1-7H3,(H,46,53)(H,47,50)(H,48,52)/b13-11-/t25-,29?,30-,40-,41+/m0/s1. The molecule has 2 aromatic rings. The smallest absolute Gasteiger partial charge is 0.408 e. The van der Waals surface area contributed by atoms with Gasteiger partial charge in [0.25, 0.3) is 11.8 Å². The van der Waals surface area contributed by atoms with Crippen LogP contribution in [0.25, 0.3) is 10.9 Å².